The molecule has 0 aliphatic heterocycles. The van der Waals surface area contributed by atoms with Crippen LogP contribution in [0.15, 0.2) is 45.3 Å². The molecule has 96 valence electrons. The molecule has 0 heterocycles. The number of phenolic OH excluding ortho intramolecular Hbond substituents is 1. The van der Waals surface area contributed by atoms with Crippen molar-refractivity contribution in [2.24, 2.45) is 0 Å². The first-order valence-corrected chi connectivity index (χ1v) is 7.09. The number of nitriles is 1. The van der Waals surface area contributed by atoms with Crippen LogP contribution in [0.5, 0.6) is 5.75 Å². The lowest BCUT2D eigenvalue weighted by Crippen LogP contribution is -2.01. The van der Waals surface area contributed by atoms with Crippen LogP contribution in [0.1, 0.15) is 11.1 Å². The zero-order valence-electron chi connectivity index (χ0n) is 9.82. The van der Waals surface area contributed by atoms with Crippen molar-refractivity contribution in [3.05, 3.63) is 56.5 Å². The van der Waals surface area contributed by atoms with E-state index < -0.39 is 0 Å². The summed E-state index contributed by atoms with van der Waals surface area (Å²) in [7, 11) is 0. The van der Waals surface area contributed by atoms with Gasteiger partial charge < -0.3 is 10.4 Å². The number of rotatable bonds is 3. The molecule has 0 fully saturated rings. The fraction of sp³-hybridized carbons (Fsp3) is 0.0714. The zero-order valence-corrected chi connectivity index (χ0v) is 13.0. The smallest absolute Gasteiger partial charge is 0.129 e. The largest absolute Gasteiger partial charge is 0.507 e. The molecule has 0 radical (unpaired) electrons. The summed E-state index contributed by atoms with van der Waals surface area (Å²) in [5.74, 6) is 0.213. The first-order chi connectivity index (χ1) is 9.10. The van der Waals surface area contributed by atoms with Gasteiger partial charge in [0.2, 0.25) is 0 Å². The van der Waals surface area contributed by atoms with Gasteiger partial charge >= 0.3 is 0 Å². The molecule has 0 spiro atoms. The van der Waals surface area contributed by atoms with Crippen LogP contribution in [0.2, 0.25) is 0 Å². The Balaban J connectivity index is 2.14. The number of benzene rings is 2. The summed E-state index contributed by atoms with van der Waals surface area (Å²) < 4.78 is 1.53. The van der Waals surface area contributed by atoms with Crippen molar-refractivity contribution in [3.8, 4) is 11.8 Å². The lowest BCUT2D eigenvalue weighted by Gasteiger charge is -2.09. The monoisotopic (exact) mass is 380 g/mol. The van der Waals surface area contributed by atoms with Gasteiger partial charge in [-0.25, -0.2) is 0 Å². The van der Waals surface area contributed by atoms with Crippen LogP contribution in [0, 0.1) is 11.3 Å². The van der Waals surface area contributed by atoms with Crippen molar-refractivity contribution in [1.82, 2.24) is 0 Å². The lowest BCUT2D eigenvalue weighted by molar-refractivity contribution is 0.471. The Labute approximate surface area is 128 Å². The second-order valence-corrected chi connectivity index (χ2v) is 5.71. The van der Waals surface area contributed by atoms with Gasteiger partial charge in [-0.2, -0.15) is 5.26 Å². The van der Waals surface area contributed by atoms with E-state index in [1.54, 1.807) is 12.1 Å². The predicted octanol–water partition coefficient (Wildman–Crippen LogP) is 4.40. The Morgan fingerprint density at radius 3 is 2.63 bits per heavy atom. The molecule has 0 aliphatic carbocycles. The summed E-state index contributed by atoms with van der Waals surface area (Å²) in [6.45, 7) is 0.579. The van der Waals surface area contributed by atoms with E-state index in [9.17, 15) is 5.11 Å². The molecule has 2 rings (SSSR count). The van der Waals surface area contributed by atoms with Crippen molar-refractivity contribution in [2.45, 2.75) is 6.54 Å². The average Bonchev–Trinajstić information content (AvgIpc) is 2.41. The molecule has 0 unspecified atom stereocenters. The van der Waals surface area contributed by atoms with Crippen molar-refractivity contribution >= 4 is 37.5 Å². The normalized spacial score (nSPS) is 9.95. The maximum absolute atomic E-state index is 9.43. The summed E-state index contributed by atoms with van der Waals surface area (Å²) in [5.41, 5.74) is 2.39. The number of nitrogens with zero attached hydrogens (tertiary/aromatic N) is 1. The molecule has 0 saturated carbocycles. The molecule has 2 aromatic carbocycles. The molecular formula is C14H10Br2N2O. The van der Waals surface area contributed by atoms with Crippen LogP contribution in [0.4, 0.5) is 5.69 Å². The second-order valence-electron chi connectivity index (χ2n) is 3.94. The van der Waals surface area contributed by atoms with E-state index in [1.165, 1.54) is 0 Å². The molecule has 3 nitrogen and oxygen atoms in total. The van der Waals surface area contributed by atoms with Crippen molar-refractivity contribution in [1.29, 1.82) is 5.26 Å². The number of aromatic hydroxyl groups is 1. The van der Waals surface area contributed by atoms with Crippen molar-refractivity contribution < 1.29 is 5.11 Å². The molecule has 0 atom stereocenters. The number of hydrogen-bond donors (Lipinski definition) is 2. The third-order valence-corrected chi connectivity index (χ3v) is 3.73. The molecule has 0 saturated heterocycles. The van der Waals surface area contributed by atoms with Gasteiger partial charge in [-0.1, -0.05) is 22.0 Å². The van der Waals surface area contributed by atoms with E-state index in [4.69, 9.17) is 5.26 Å². The second kappa shape index (κ2) is 6.09. The van der Waals surface area contributed by atoms with Crippen LogP contribution in [0.25, 0.3) is 0 Å². The minimum atomic E-state index is 0.213. The van der Waals surface area contributed by atoms with Gasteiger partial charge in [-0.05, 0) is 51.8 Å². The summed E-state index contributed by atoms with van der Waals surface area (Å²) in [6.07, 6.45) is 0. The Bertz CT molecular complexity index is 650. The maximum Gasteiger partial charge on any atom is 0.129 e. The molecule has 2 N–H and O–H groups in total. The van der Waals surface area contributed by atoms with Gasteiger partial charge in [0.25, 0.3) is 0 Å². The Kier molecular flexibility index (Phi) is 4.46. The third kappa shape index (κ3) is 3.49. The topological polar surface area (TPSA) is 56.0 Å². The molecule has 19 heavy (non-hydrogen) atoms. The average molecular weight is 382 g/mol. The lowest BCUT2D eigenvalue weighted by atomic mass is 10.1. The van der Waals surface area contributed by atoms with Crippen LogP contribution in [0.3, 0.4) is 0 Å². The minimum absolute atomic E-state index is 0.213. The number of hydrogen-bond acceptors (Lipinski definition) is 3. The van der Waals surface area contributed by atoms with E-state index >= 15 is 0 Å². The highest BCUT2D eigenvalue weighted by atomic mass is 79.9. The zero-order chi connectivity index (χ0) is 13.8. The van der Waals surface area contributed by atoms with Crippen molar-refractivity contribution in [2.75, 3.05) is 5.32 Å². The standard InChI is InChI=1S/C14H10Br2N2O/c15-11-2-3-13(10(6-11)7-17)18-8-9-1-4-14(19)12(16)5-9/h1-6,18-19H,8H2. The number of anilines is 1. The first-order valence-electron chi connectivity index (χ1n) is 5.51. The maximum atomic E-state index is 9.43. The van der Waals surface area contributed by atoms with E-state index in [0.717, 1.165) is 15.7 Å². The highest BCUT2D eigenvalue weighted by molar-refractivity contribution is 9.10. The van der Waals surface area contributed by atoms with Gasteiger partial charge in [-0.15, -0.1) is 0 Å². The van der Waals surface area contributed by atoms with Gasteiger partial charge in [-0.3, -0.25) is 0 Å². The predicted molar refractivity (Wildman–Crippen MR) is 82.0 cm³/mol. The van der Waals surface area contributed by atoms with Gasteiger partial charge in [0.05, 0.1) is 15.7 Å². The Morgan fingerprint density at radius 1 is 1.16 bits per heavy atom. The minimum Gasteiger partial charge on any atom is -0.507 e. The summed E-state index contributed by atoms with van der Waals surface area (Å²) >= 11 is 6.61. The van der Waals surface area contributed by atoms with Crippen LogP contribution in [-0.4, -0.2) is 5.11 Å². The molecule has 0 aromatic heterocycles. The van der Waals surface area contributed by atoms with E-state index in [0.29, 0.717) is 16.6 Å². The van der Waals surface area contributed by atoms with E-state index in [2.05, 4.69) is 43.2 Å². The fourth-order valence-electron chi connectivity index (χ4n) is 1.62. The molecule has 5 heteroatoms. The Hall–Kier alpha value is -1.51. The highest BCUT2D eigenvalue weighted by Crippen LogP contribution is 2.25. The van der Waals surface area contributed by atoms with Gasteiger partial charge in [0, 0.05) is 11.0 Å². The van der Waals surface area contributed by atoms with Crippen LogP contribution < -0.4 is 5.32 Å². The Morgan fingerprint density at radius 2 is 1.95 bits per heavy atom. The van der Waals surface area contributed by atoms with Crippen LogP contribution in [-0.2, 0) is 6.54 Å². The van der Waals surface area contributed by atoms with Crippen molar-refractivity contribution in [3.63, 3.8) is 0 Å². The highest BCUT2D eigenvalue weighted by Gasteiger charge is 2.04. The number of halogens is 2. The summed E-state index contributed by atoms with van der Waals surface area (Å²) in [6, 6.07) is 13.0. The third-order valence-electron chi connectivity index (χ3n) is 2.60. The molecule has 0 bridgehead atoms. The molecule has 0 amide bonds. The number of nitrogens with one attached hydrogen (secondary N) is 1. The van der Waals surface area contributed by atoms with Crippen LogP contribution >= 0.6 is 31.9 Å². The van der Waals surface area contributed by atoms with E-state index in [1.807, 2.05) is 24.3 Å². The number of phenols is 1. The quantitative estimate of drug-likeness (QED) is 0.828. The fourth-order valence-corrected chi connectivity index (χ4v) is 2.41. The summed E-state index contributed by atoms with van der Waals surface area (Å²) in [4.78, 5) is 0. The molecule has 2 aromatic rings. The summed E-state index contributed by atoms with van der Waals surface area (Å²) in [5, 5.41) is 21.7. The molecule has 0 aliphatic rings. The van der Waals surface area contributed by atoms with E-state index in [-0.39, 0.29) is 5.75 Å². The van der Waals surface area contributed by atoms with Gasteiger partial charge in [0.15, 0.2) is 0 Å². The van der Waals surface area contributed by atoms with Gasteiger partial charge in [0.1, 0.15) is 11.8 Å². The molecular weight excluding hydrogens is 372 g/mol. The SMILES string of the molecule is N#Cc1cc(Br)ccc1NCc1ccc(O)c(Br)c1. The first kappa shape index (κ1) is 13.9.